The normalized spacial score (nSPS) is 38.0. The van der Waals surface area contributed by atoms with Gasteiger partial charge in [-0.3, -0.25) is 4.79 Å². The molecule has 0 aromatic carbocycles. The molecule has 1 saturated carbocycles. The number of ether oxygens (including phenoxy) is 2. The second kappa shape index (κ2) is 7.33. The van der Waals surface area contributed by atoms with Gasteiger partial charge in [-0.15, -0.1) is 0 Å². The van der Waals surface area contributed by atoms with Crippen molar-refractivity contribution >= 4 is 5.97 Å². The lowest BCUT2D eigenvalue weighted by atomic mass is 9.84. The fourth-order valence-corrected chi connectivity index (χ4v) is 2.21. The van der Waals surface area contributed by atoms with Crippen molar-refractivity contribution in [2.45, 2.75) is 76.3 Å². The Hall–Kier alpha value is -0.730. The minimum atomic E-state index is -1.60. The second-order valence-corrected chi connectivity index (χ2v) is 5.32. The summed E-state index contributed by atoms with van der Waals surface area (Å²) in [6, 6.07) is 0. The predicted octanol–water partition coefficient (Wildman–Crippen LogP) is -1.05. The number of aliphatic hydroxyl groups excluding tert-OH is 4. The molecule has 7 nitrogen and oxygen atoms in total. The van der Waals surface area contributed by atoms with Gasteiger partial charge in [-0.1, -0.05) is 6.92 Å². The van der Waals surface area contributed by atoms with Crippen molar-refractivity contribution in [1.82, 2.24) is 0 Å². The molecule has 0 aromatic heterocycles. The molecule has 1 rings (SSSR count). The van der Waals surface area contributed by atoms with Crippen LogP contribution in [-0.2, 0) is 14.3 Å². The van der Waals surface area contributed by atoms with Crippen LogP contribution < -0.4 is 0 Å². The molecule has 0 radical (unpaired) electrons. The summed E-state index contributed by atoms with van der Waals surface area (Å²) in [5, 5.41) is 39.2. The van der Waals surface area contributed by atoms with Crippen LogP contribution in [0.1, 0.15) is 33.6 Å². The molecule has 0 heterocycles. The minimum absolute atomic E-state index is 0.159. The molecule has 1 fully saturated rings. The van der Waals surface area contributed by atoms with Crippen LogP contribution in [0.5, 0.6) is 0 Å². The van der Waals surface area contributed by atoms with Gasteiger partial charge in [0.25, 0.3) is 0 Å². The Bertz CT molecular complexity index is 320. The molecule has 118 valence electrons. The smallest absolute Gasteiger partial charge is 0.306 e. The van der Waals surface area contributed by atoms with Crippen molar-refractivity contribution in [1.29, 1.82) is 0 Å². The lowest BCUT2D eigenvalue weighted by Gasteiger charge is -2.43. The molecule has 0 aliphatic heterocycles. The van der Waals surface area contributed by atoms with Crippen LogP contribution in [0.2, 0.25) is 0 Å². The Morgan fingerprint density at radius 2 is 1.50 bits per heavy atom. The molecular formula is C13H24O7. The Morgan fingerprint density at radius 3 is 1.95 bits per heavy atom. The zero-order valence-corrected chi connectivity index (χ0v) is 12.0. The summed E-state index contributed by atoms with van der Waals surface area (Å²) in [7, 11) is 0. The van der Waals surface area contributed by atoms with Crippen molar-refractivity contribution in [3.63, 3.8) is 0 Å². The zero-order valence-electron chi connectivity index (χ0n) is 12.0. The van der Waals surface area contributed by atoms with Gasteiger partial charge in [0, 0.05) is 6.42 Å². The maximum absolute atomic E-state index is 11.6. The van der Waals surface area contributed by atoms with E-state index in [0.717, 1.165) is 0 Å². The lowest BCUT2D eigenvalue weighted by Crippen LogP contribution is -2.65. The number of hydrogen-bond donors (Lipinski definition) is 4. The first-order chi connectivity index (χ1) is 9.29. The monoisotopic (exact) mass is 292 g/mol. The van der Waals surface area contributed by atoms with Gasteiger partial charge in [-0.2, -0.15) is 0 Å². The van der Waals surface area contributed by atoms with Crippen LogP contribution in [-0.4, -0.2) is 69.1 Å². The molecular weight excluding hydrogens is 268 g/mol. The standard InChI is InChI=1S/C13H24O7/c1-4-5-7(14)20-13-11(18)9(16)8(15)10(17)12(13)19-6(2)3/h6,8-13,15-18H,4-5H2,1-3H3/t8-,9-,10+,11+,12-,13+/m0/s1. The van der Waals surface area contributed by atoms with Gasteiger partial charge in [0.1, 0.15) is 30.5 Å². The SMILES string of the molecule is CCCC(=O)O[C@@H]1[C@H](O)[C@@H](O)[C@H](O)[C@@H](O)[C@@H]1OC(C)C. The summed E-state index contributed by atoms with van der Waals surface area (Å²) >= 11 is 0. The Morgan fingerprint density at radius 1 is 1.00 bits per heavy atom. The molecule has 0 spiro atoms. The number of esters is 1. The average molecular weight is 292 g/mol. The van der Waals surface area contributed by atoms with Gasteiger partial charge >= 0.3 is 5.97 Å². The summed E-state index contributed by atoms with van der Waals surface area (Å²) in [5.74, 6) is -0.551. The number of rotatable bonds is 5. The Kier molecular flexibility index (Phi) is 6.35. The highest BCUT2D eigenvalue weighted by Crippen LogP contribution is 2.27. The topological polar surface area (TPSA) is 116 Å². The van der Waals surface area contributed by atoms with Gasteiger partial charge in [0.15, 0.2) is 6.10 Å². The third-order valence-electron chi connectivity index (χ3n) is 3.20. The van der Waals surface area contributed by atoms with Crippen LogP contribution >= 0.6 is 0 Å². The van der Waals surface area contributed by atoms with E-state index < -0.39 is 42.6 Å². The van der Waals surface area contributed by atoms with E-state index in [1.807, 2.05) is 0 Å². The van der Waals surface area contributed by atoms with Crippen LogP contribution in [0.3, 0.4) is 0 Å². The maximum Gasteiger partial charge on any atom is 0.306 e. The molecule has 1 aliphatic carbocycles. The zero-order chi connectivity index (χ0) is 15.4. The largest absolute Gasteiger partial charge is 0.457 e. The highest BCUT2D eigenvalue weighted by atomic mass is 16.6. The van der Waals surface area contributed by atoms with E-state index in [1.54, 1.807) is 20.8 Å². The molecule has 0 saturated heterocycles. The van der Waals surface area contributed by atoms with Gasteiger partial charge in [0.2, 0.25) is 0 Å². The first kappa shape index (κ1) is 17.3. The van der Waals surface area contributed by atoms with E-state index in [4.69, 9.17) is 9.47 Å². The van der Waals surface area contributed by atoms with E-state index in [-0.39, 0.29) is 12.5 Å². The quantitative estimate of drug-likeness (QED) is 0.478. The molecule has 7 heteroatoms. The highest BCUT2D eigenvalue weighted by Gasteiger charge is 2.51. The number of carbonyl (C=O) groups excluding carboxylic acids is 1. The van der Waals surface area contributed by atoms with Crippen molar-refractivity contribution in [2.75, 3.05) is 0 Å². The molecule has 0 bridgehead atoms. The summed E-state index contributed by atoms with van der Waals surface area (Å²) in [6.45, 7) is 5.22. The molecule has 20 heavy (non-hydrogen) atoms. The Labute approximate surface area is 118 Å². The molecule has 0 amide bonds. The lowest BCUT2D eigenvalue weighted by molar-refractivity contribution is -0.249. The van der Waals surface area contributed by atoms with Crippen molar-refractivity contribution in [3.05, 3.63) is 0 Å². The minimum Gasteiger partial charge on any atom is -0.457 e. The fourth-order valence-electron chi connectivity index (χ4n) is 2.21. The van der Waals surface area contributed by atoms with Gasteiger partial charge in [-0.05, 0) is 20.3 Å². The first-order valence-electron chi connectivity index (χ1n) is 6.86. The van der Waals surface area contributed by atoms with E-state index in [0.29, 0.717) is 6.42 Å². The predicted molar refractivity (Wildman–Crippen MR) is 68.8 cm³/mol. The summed E-state index contributed by atoms with van der Waals surface area (Å²) in [5.41, 5.74) is 0. The maximum atomic E-state index is 11.6. The number of carbonyl (C=O) groups is 1. The molecule has 1 aliphatic rings. The van der Waals surface area contributed by atoms with Gasteiger partial charge in [-0.25, -0.2) is 0 Å². The third kappa shape index (κ3) is 3.89. The highest BCUT2D eigenvalue weighted by molar-refractivity contribution is 5.69. The summed E-state index contributed by atoms with van der Waals surface area (Å²) < 4.78 is 10.5. The number of aliphatic hydroxyl groups is 4. The van der Waals surface area contributed by atoms with E-state index >= 15 is 0 Å². The van der Waals surface area contributed by atoms with Crippen LogP contribution in [0.25, 0.3) is 0 Å². The van der Waals surface area contributed by atoms with Crippen LogP contribution in [0, 0.1) is 0 Å². The van der Waals surface area contributed by atoms with Crippen molar-refractivity contribution in [2.24, 2.45) is 0 Å². The summed E-state index contributed by atoms with van der Waals surface area (Å²) in [6.07, 6.45) is -8.01. The van der Waals surface area contributed by atoms with E-state index in [1.165, 1.54) is 0 Å². The Balaban J connectivity index is 2.89. The van der Waals surface area contributed by atoms with Gasteiger partial charge in [0.05, 0.1) is 6.10 Å². The van der Waals surface area contributed by atoms with E-state index in [2.05, 4.69) is 0 Å². The summed E-state index contributed by atoms with van der Waals surface area (Å²) in [4.78, 5) is 11.6. The van der Waals surface area contributed by atoms with Crippen molar-refractivity contribution in [3.8, 4) is 0 Å². The average Bonchev–Trinajstić information content (AvgIpc) is 2.38. The van der Waals surface area contributed by atoms with Crippen molar-refractivity contribution < 1.29 is 34.7 Å². The second-order valence-electron chi connectivity index (χ2n) is 5.32. The molecule has 0 unspecified atom stereocenters. The molecule has 6 atom stereocenters. The van der Waals surface area contributed by atoms with Crippen LogP contribution in [0.15, 0.2) is 0 Å². The third-order valence-corrected chi connectivity index (χ3v) is 3.20. The molecule has 0 aromatic rings. The van der Waals surface area contributed by atoms with Gasteiger partial charge < -0.3 is 29.9 Å². The van der Waals surface area contributed by atoms with E-state index in [9.17, 15) is 25.2 Å². The fraction of sp³-hybridized carbons (Fsp3) is 0.923. The molecule has 4 N–H and O–H groups in total. The first-order valence-corrected chi connectivity index (χ1v) is 6.86. The number of hydrogen-bond acceptors (Lipinski definition) is 7. The van der Waals surface area contributed by atoms with Crippen LogP contribution in [0.4, 0.5) is 0 Å².